The fraction of sp³-hybridized carbons (Fsp3) is 0.625. The summed E-state index contributed by atoms with van der Waals surface area (Å²) in [5.41, 5.74) is 8.82. The van der Waals surface area contributed by atoms with Gasteiger partial charge in [0.05, 0.1) is 6.10 Å². The van der Waals surface area contributed by atoms with Crippen LogP contribution in [0.1, 0.15) is 31.2 Å². The van der Waals surface area contributed by atoms with E-state index in [4.69, 9.17) is 10.5 Å². The fourth-order valence-electron chi connectivity index (χ4n) is 3.38. The van der Waals surface area contributed by atoms with Crippen LogP contribution in [-0.4, -0.2) is 31.8 Å². The number of nitrogens with zero attached hydrogens (tertiary/aromatic N) is 1. The number of anilines is 1. The third kappa shape index (κ3) is 2.77. The summed E-state index contributed by atoms with van der Waals surface area (Å²) < 4.78 is 5.74. The Balaban J connectivity index is 1.72. The van der Waals surface area contributed by atoms with Gasteiger partial charge in [-0.2, -0.15) is 0 Å². The molecule has 1 aromatic carbocycles. The van der Waals surface area contributed by atoms with Crippen molar-refractivity contribution in [1.29, 1.82) is 0 Å². The highest BCUT2D eigenvalue weighted by molar-refractivity contribution is 5.56. The third-order valence-electron chi connectivity index (χ3n) is 4.48. The van der Waals surface area contributed by atoms with E-state index >= 15 is 0 Å². The van der Waals surface area contributed by atoms with Crippen LogP contribution in [0.5, 0.6) is 0 Å². The standard InChI is InChI=1S/C16H24N2O/c17-12-14-8-7-13-4-1-2-6-16(13)18(14)10-9-15-5-3-11-19-15/h1-2,4,6,14-15H,3,5,7-12,17H2. The lowest BCUT2D eigenvalue weighted by atomic mass is 9.95. The monoisotopic (exact) mass is 260 g/mol. The van der Waals surface area contributed by atoms with Crippen molar-refractivity contribution in [3.05, 3.63) is 29.8 Å². The molecule has 1 aromatic rings. The fourth-order valence-corrected chi connectivity index (χ4v) is 3.38. The lowest BCUT2D eigenvalue weighted by molar-refractivity contribution is 0.105. The first-order valence-corrected chi connectivity index (χ1v) is 7.54. The second-order valence-electron chi connectivity index (χ2n) is 5.67. The van der Waals surface area contributed by atoms with Gasteiger partial charge in [0.1, 0.15) is 0 Å². The summed E-state index contributed by atoms with van der Waals surface area (Å²) in [4.78, 5) is 2.51. The van der Waals surface area contributed by atoms with E-state index in [1.807, 2.05) is 0 Å². The number of hydrogen-bond acceptors (Lipinski definition) is 3. The van der Waals surface area contributed by atoms with E-state index in [-0.39, 0.29) is 0 Å². The third-order valence-corrected chi connectivity index (χ3v) is 4.48. The molecule has 1 saturated heterocycles. The predicted molar refractivity (Wildman–Crippen MR) is 78.5 cm³/mol. The molecule has 2 N–H and O–H groups in total. The number of hydrogen-bond donors (Lipinski definition) is 1. The maximum atomic E-state index is 5.96. The summed E-state index contributed by atoms with van der Waals surface area (Å²) in [6, 6.07) is 9.26. The highest BCUT2D eigenvalue weighted by Crippen LogP contribution is 2.31. The number of fused-ring (bicyclic) bond motifs is 1. The zero-order valence-corrected chi connectivity index (χ0v) is 11.6. The molecule has 0 radical (unpaired) electrons. The Morgan fingerprint density at radius 2 is 2.16 bits per heavy atom. The summed E-state index contributed by atoms with van der Waals surface area (Å²) in [6.07, 6.45) is 6.38. The van der Waals surface area contributed by atoms with Gasteiger partial charge in [-0.3, -0.25) is 0 Å². The molecule has 0 aromatic heterocycles. The molecular formula is C16H24N2O. The highest BCUT2D eigenvalue weighted by Gasteiger charge is 2.26. The molecule has 1 fully saturated rings. The quantitative estimate of drug-likeness (QED) is 0.903. The number of nitrogens with two attached hydrogens (primary N) is 1. The minimum atomic E-state index is 0.465. The first kappa shape index (κ1) is 12.9. The first-order valence-electron chi connectivity index (χ1n) is 7.54. The smallest absolute Gasteiger partial charge is 0.0592 e. The van der Waals surface area contributed by atoms with Gasteiger partial charge < -0.3 is 15.4 Å². The molecule has 2 heterocycles. The molecule has 3 nitrogen and oxygen atoms in total. The number of rotatable bonds is 4. The summed E-state index contributed by atoms with van der Waals surface area (Å²) in [6.45, 7) is 2.77. The van der Waals surface area contributed by atoms with E-state index in [0.717, 1.165) is 32.5 Å². The summed E-state index contributed by atoms with van der Waals surface area (Å²) >= 11 is 0. The maximum Gasteiger partial charge on any atom is 0.0592 e. The van der Waals surface area contributed by atoms with Gasteiger partial charge >= 0.3 is 0 Å². The predicted octanol–water partition coefficient (Wildman–Crippen LogP) is 2.34. The lowest BCUT2D eigenvalue weighted by Gasteiger charge is -2.39. The van der Waals surface area contributed by atoms with Crippen LogP contribution >= 0.6 is 0 Å². The van der Waals surface area contributed by atoms with Crippen molar-refractivity contribution >= 4 is 5.69 Å². The van der Waals surface area contributed by atoms with Crippen LogP contribution in [0, 0.1) is 0 Å². The average molecular weight is 260 g/mol. The van der Waals surface area contributed by atoms with Gasteiger partial charge in [0.15, 0.2) is 0 Å². The van der Waals surface area contributed by atoms with E-state index in [9.17, 15) is 0 Å². The Kier molecular flexibility index (Phi) is 4.04. The topological polar surface area (TPSA) is 38.5 Å². The summed E-state index contributed by atoms with van der Waals surface area (Å²) in [5, 5.41) is 0. The van der Waals surface area contributed by atoms with Crippen molar-refractivity contribution in [3.63, 3.8) is 0 Å². The SMILES string of the molecule is NCC1CCc2ccccc2N1CCC1CCCO1. The van der Waals surface area contributed by atoms with Gasteiger partial charge in [-0.05, 0) is 43.7 Å². The van der Waals surface area contributed by atoms with E-state index in [1.165, 1.54) is 30.5 Å². The molecule has 0 saturated carbocycles. The van der Waals surface area contributed by atoms with Crippen molar-refractivity contribution in [1.82, 2.24) is 0 Å². The molecule has 2 atom stereocenters. The normalized spacial score (nSPS) is 26.5. The molecule has 0 bridgehead atoms. The lowest BCUT2D eigenvalue weighted by Crippen LogP contribution is -2.45. The van der Waals surface area contributed by atoms with Gasteiger partial charge in [-0.1, -0.05) is 18.2 Å². The van der Waals surface area contributed by atoms with Gasteiger partial charge in [-0.25, -0.2) is 0 Å². The van der Waals surface area contributed by atoms with E-state index in [1.54, 1.807) is 0 Å². The van der Waals surface area contributed by atoms with E-state index in [2.05, 4.69) is 29.2 Å². The minimum Gasteiger partial charge on any atom is -0.378 e. The Labute approximate surface area is 115 Å². The van der Waals surface area contributed by atoms with Crippen LogP contribution in [0.25, 0.3) is 0 Å². The van der Waals surface area contributed by atoms with Crippen molar-refractivity contribution < 1.29 is 4.74 Å². The van der Waals surface area contributed by atoms with Crippen molar-refractivity contribution in [3.8, 4) is 0 Å². The molecular weight excluding hydrogens is 236 g/mol. The molecule has 2 aliphatic rings. The van der Waals surface area contributed by atoms with Crippen LogP contribution in [0.4, 0.5) is 5.69 Å². The van der Waals surface area contributed by atoms with Gasteiger partial charge in [0.25, 0.3) is 0 Å². The molecule has 0 spiro atoms. The van der Waals surface area contributed by atoms with Crippen LogP contribution < -0.4 is 10.6 Å². The summed E-state index contributed by atoms with van der Waals surface area (Å²) in [7, 11) is 0. The molecule has 3 heteroatoms. The zero-order valence-electron chi connectivity index (χ0n) is 11.6. The van der Waals surface area contributed by atoms with E-state index < -0.39 is 0 Å². The molecule has 104 valence electrons. The molecule has 2 aliphatic heterocycles. The Bertz CT molecular complexity index is 415. The van der Waals surface area contributed by atoms with Crippen LogP contribution in [-0.2, 0) is 11.2 Å². The summed E-state index contributed by atoms with van der Waals surface area (Å²) in [5.74, 6) is 0. The largest absolute Gasteiger partial charge is 0.378 e. The van der Waals surface area contributed by atoms with Crippen LogP contribution in [0.3, 0.4) is 0 Å². The second kappa shape index (κ2) is 5.93. The molecule has 0 amide bonds. The van der Waals surface area contributed by atoms with Gasteiger partial charge in [0, 0.05) is 31.4 Å². The van der Waals surface area contributed by atoms with Crippen molar-refractivity contribution in [2.24, 2.45) is 5.73 Å². The second-order valence-corrected chi connectivity index (χ2v) is 5.67. The number of benzene rings is 1. The van der Waals surface area contributed by atoms with Crippen LogP contribution in [0.15, 0.2) is 24.3 Å². The molecule has 19 heavy (non-hydrogen) atoms. The zero-order chi connectivity index (χ0) is 13.1. The molecule has 3 rings (SSSR count). The Morgan fingerprint density at radius 3 is 2.95 bits per heavy atom. The Morgan fingerprint density at radius 1 is 1.26 bits per heavy atom. The van der Waals surface area contributed by atoms with Gasteiger partial charge in [0.2, 0.25) is 0 Å². The maximum absolute atomic E-state index is 5.96. The highest BCUT2D eigenvalue weighted by atomic mass is 16.5. The van der Waals surface area contributed by atoms with Gasteiger partial charge in [-0.15, -0.1) is 0 Å². The first-order chi connectivity index (χ1) is 9.38. The van der Waals surface area contributed by atoms with Crippen LogP contribution in [0.2, 0.25) is 0 Å². The average Bonchev–Trinajstić information content (AvgIpc) is 2.97. The minimum absolute atomic E-state index is 0.465. The number of ether oxygens (including phenoxy) is 1. The number of aryl methyl sites for hydroxylation is 1. The van der Waals surface area contributed by atoms with Crippen molar-refractivity contribution in [2.75, 3.05) is 24.6 Å². The van der Waals surface area contributed by atoms with Crippen molar-refractivity contribution in [2.45, 2.75) is 44.2 Å². The molecule has 2 unspecified atom stereocenters. The Hall–Kier alpha value is -1.06. The molecule has 0 aliphatic carbocycles. The number of para-hydroxylation sites is 1. The van der Waals surface area contributed by atoms with E-state index in [0.29, 0.717) is 12.1 Å².